The van der Waals surface area contributed by atoms with Gasteiger partial charge in [0.1, 0.15) is 0 Å². The maximum absolute atomic E-state index is 2.47. The van der Waals surface area contributed by atoms with Crippen LogP contribution in [-0.2, 0) is 5.41 Å². The zero-order chi connectivity index (χ0) is 42.1. The lowest BCUT2D eigenvalue weighted by Gasteiger charge is -2.28. The van der Waals surface area contributed by atoms with Crippen LogP contribution < -0.4 is 4.90 Å². The largest absolute Gasteiger partial charge is 0.310 e. The highest BCUT2D eigenvalue weighted by molar-refractivity contribution is 6.18. The predicted octanol–water partition coefficient (Wildman–Crippen LogP) is 16.7. The van der Waals surface area contributed by atoms with E-state index in [1.807, 2.05) is 0 Å². The molecule has 0 bridgehead atoms. The van der Waals surface area contributed by atoms with Gasteiger partial charge in [0.05, 0.1) is 16.7 Å². The maximum atomic E-state index is 2.47. The summed E-state index contributed by atoms with van der Waals surface area (Å²) in [5.41, 5.74) is 19.4. The Labute approximate surface area is 368 Å². The van der Waals surface area contributed by atoms with Crippen LogP contribution in [0.4, 0.5) is 17.1 Å². The van der Waals surface area contributed by atoms with E-state index in [9.17, 15) is 0 Å². The van der Waals surface area contributed by atoms with Crippen LogP contribution in [0.2, 0.25) is 0 Å². The Balaban J connectivity index is 0.987. The molecule has 0 aliphatic heterocycles. The number of fused-ring (bicyclic) bond motifs is 7. The van der Waals surface area contributed by atoms with Crippen molar-refractivity contribution in [1.82, 2.24) is 4.57 Å². The summed E-state index contributed by atoms with van der Waals surface area (Å²) in [6, 6.07) is 84.5. The second-order valence-electron chi connectivity index (χ2n) is 17.3. The SMILES string of the molecule is CC1(C)c2ccccc2-c2ccc(N(c3ccc(-c4ccccc4)cc3)c3ccc(-c4ccccc4-n4c5ccccc5c5c(-c6cccc7ccccc67)cccc54)cc3)cc21. The number of benzene rings is 10. The fourth-order valence-corrected chi connectivity index (χ4v) is 10.4. The lowest BCUT2D eigenvalue weighted by Crippen LogP contribution is -2.16. The van der Waals surface area contributed by atoms with Gasteiger partial charge in [0.15, 0.2) is 0 Å². The van der Waals surface area contributed by atoms with E-state index >= 15 is 0 Å². The van der Waals surface area contributed by atoms with Crippen molar-refractivity contribution in [2.24, 2.45) is 0 Å². The fourth-order valence-electron chi connectivity index (χ4n) is 10.4. The quantitative estimate of drug-likeness (QED) is 0.156. The molecule has 0 fully saturated rings. The number of rotatable bonds is 7. The second kappa shape index (κ2) is 14.6. The van der Waals surface area contributed by atoms with Crippen molar-refractivity contribution in [3.8, 4) is 50.2 Å². The van der Waals surface area contributed by atoms with Crippen molar-refractivity contribution in [1.29, 1.82) is 0 Å². The molecule has 0 amide bonds. The Hall–Kier alpha value is -7.94. The highest BCUT2D eigenvalue weighted by atomic mass is 15.1. The van der Waals surface area contributed by atoms with Gasteiger partial charge in [-0.05, 0) is 115 Å². The van der Waals surface area contributed by atoms with Crippen molar-refractivity contribution in [3.63, 3.8) is 0 Å². The first-order valence-electron chi connectivity index (χ1n) is 21.9. The van der Waals surface area contributed by atoms with E-state index < -0.39 is 0 Å². The molecular formula is C61H44N2. The van der Waals surface area contributed by atoms with Crippen molar-refractivity contribution >= 4 is 49.6 Å². The van der Waals surface area contributed by atoms with Crippen LogP contribution in [0.15, 0.2) is 231 Å². The van der Waals surface area contributed by atoms with Gasteiger partial charge in [0.2, 0.25) is 0 Å². The zero-order valence-electron chi connectivity index (χ0n) is 35.3. The van der Waals surface area contributed by atoms with Crippen molar-refractivity contribution < 1.29 is 0 Å². The topological polar surface area (TPSA) is 8.17 Å². The molecule has 12 rings (SSSR count). The first-order chi connectivity index (χ1) is 31.0. The second-order valence-corrected chi connectivity index (χ2v) is 17.3. The molecule has 2 nitrogen and oxygen atoms in total. The third kappa shape index (κ3) is 5.94. The van der Waals surface area contributed by atoms with Gasteiger partial charge in [-0.1, -0.05) is 190 Å². The van der Waals surface area contributed by atoms with E-state index in [0.717, 1.165) is 28.3 Å². The molecule has 11 aromatic rings. The third-order valence-electron chi connectivity index (χ3n) is 13.4. The predicted molar refractivity (Wildman–Crippen MR) is 267 cm³/mol. The zero-order valence-corrected chi connectivity index (χ0v) is 35.3. The Morgan fingerprint density at radius 3 is 1.70 bits per heavy atom. The van der Waals surface area contributed by atoms with Gasteiger partial charge in [0, 0.05) is 38.8 Å². The Morgan fingerprint density at radius 2 is 0.889 bits per heavy atom. The van der Waals surface area contributed by atoms with Gasteiger partial charge in [-0.2, -0.15) is 0 Å². The molecule has 1 aliphatic carbocycles. The molecule has 1 aliphatic rings. The lowest BCUT2D eigenvalue weighted by atomic mass is 9.82. The Morgan fingerprint density at radius 1 is 0.349 bits per heavy atom. The third-order valence-corrected chi connectivity index (χ3v) is 13.4. The van der Waals surface area contributed by atoms with Crippen LogP contribution in [0.5, 0.6) is 0 Å². The fraction of sp³-hybridized carbons (Fsp3) is 0.0492. The van der Waals surface area contributed by atoms with Crippen LogP contribution in [-0.4, -0.2) is 4.57 Å². The van der Waals surface area contributed by atoms with Crippen molar-refractivity contribution in [3.05, 3.63) is 242 Å². The standard InChI is InChI=1S/C61H44N2/c1-61(2)55-26-11-8-22-51(55)52-39-38-47(40-56(52)61)62(45-34-30-42(31-35-45)41-16-4-3-5-17-41)46-36-32-44(33-37-46)49-21-9-12-27-57(49)63-58-28-13-10-23-54(58)60-53(25-15-29-59(60)63)50-24-14-19-43-18-6-7-20-48(43)50/h3-40H,1-2H3. The van der Waals surface area contributed by atoms with E-state index in [4.69, 9.17) is 0 Å². The highest BCUT2D eigenvalue weighted by Crippen LogP contribution is 2.51. The van der Waals surface area contributed by atoms with Crippen molar-refractivity contribution in [2.75, 3.05) is 4.90 Å². The summed E-state index contributed by atoms with van der Waals surface area (Å²) >= 11 is 0. The first kappa shape index (κ1) is 36.9. The molecule has 0 N–H and O–H groups in total. The van der Waals surface area contributed by atoms with E-state index in [1.54, 1.807) is 0 Å². The van der Waals surface area contributed by atoms with E-state index in [-0.39, 0.29) is 5.41 Å². The highest BCUT2D eigenvalue weighted by Gasteiger charge is 2.35. The lowest BCUT2D eigenvalue weighted by molar-refractivity contribution is 0.660. The molecule has 0 atom stereocenters. The Bertz CT molecular complexity index is 3510. The number of anilines is 3. The Kier molecular flexibility index (Phi) is 8.55. The minimum absolute atomic E-state index is 0.110. The molecular weight excluding hydrogens is 761 g/mol. The first-order valence-corrected chi connectivity index (χ1v) is 21.9. The molecule has 0 saturated carbocycles. The summed E-state index contributed by atoms with van der Waals surface area (Å²) in [7, 11) is 0. The van der Waals surface area contributed by atoms with Crippen molar-refractivity contribution in [2.45, 2.75) is 19.3 Å². The van der Waals surface area contributed by atoms with Gasteiger partial charge in [-0.15, -0.1) is 0 Å². The average Bonchev–Trinajstić information content (AvgIpc) is 3.80. The average molecular weight is 805 g/mol. The summed E-state index contributed by atoms with van der Waals surface area (Å²) in [6.07, 6.45) is 0. The van der Waals surface area contributed by atoms with E-state index in [0.29, 0.717) is 0 Å². The molecule has 1 aromatic heterocycles. The van der Waals surface area contributed by atoms with Gasteiger partial charge in [-0.3, -0.25) is 0 Å². The van der Waals surface area contributed by atoms with Crippen LogP contribution in [0, 0.1) is 0 Å². The number of para-hydroxylation sites is 2. The minimum atomic E-state index is -0.110. The van der Waals surface area contributed by atoms with Gasteiger partial charge in [-0.25, -0.2) is 0 Å². The summed E-state index contributed by atoms with van der Waals surface area (Å²) < 4.78 is 2.47. The number of hydrogen-bond acceptors (Lipinski definition) is 1. The summed E-state index contributed by atoms with van der Waals surface area (Å²) in [5, 5.41) is 5.03. The summed E-state index contributed by atoms with van der Waals surface area (Å²) in [6.45, 7) is 4.71. The molecule has 2 heteroatoms. The smallest absolute Gasteiger partial charge is 0.0547 e. The maximum Gasteiger partial charge on any atom is 0.0547 e. The van der Waals surface area contributed by atoms with Crippen LogP contribution in [0.25, 0.3) is 82.8 Å². The number of hydrogen-bond donors (Lipinski definition) is 0. The van der Waals surface area contributed by atoms with Crippen LogP contribution in [0.1, 0.15) is 25.0 Å². The molecule has 298 valence electrons. The summed E-state index contributed by atoms with van der Waals surface area (Å²) in [4.78, 5) is 2.41. The number of aromatic nitrogens is 1. The molecule has 0 radical (unpaired) electrons. The molecule has 63 heavy (non-hydrogen) atoms. The van der Waals surface area contributed by atoms with Gasteiger partial charge >= 0.3 is 0 Å². The van der Waals surface area contributed by atoms with Gasteiger partial charge < -0.3 is 9.47 Å². The molecule has 0 saturated heterocycles. The molecule has 0 unspecified atom stereocenters. The number of nitrogens with zero attached hydrogens (tertiary/aromatic N) is 2. The molecule has 10 aromatic carbocycles. The summed E-state index contributed by atoms with van der Waals surface area (Å²) in [5.74, 6) is 0. The van der Waals surface area contributed by atoms with Gasteiger partial charge in [0.25, 0.3) is 0 Å². The van der Waals surface area contributed by atoms with Crippen LogP contribution in [0.3, 0.4) is 0 Å². The van der Waals surface area contributed by atoms with E-state index in [2.05, 4.69) is 254 Å². The van der Waals surface area contributed by atoms with E-state index in [1.165, 1.54) is 82.6 Å². The molecule has 0 spiro atoms. The molecule has 1 heterocycles. The van der Waals surface area contributed by atoms with Crippen LogP contribution >= 0.6 is 0 Å². The minimum Gasteiger partial charge on any atom is -0.310 e. The monoisotopic (exact) mass is 804 g/mol. The normalized spacial score (nSPS) is 12.7.